The van der Waals surface area contributed by atoms with E-state index in [1.807, 2.05) is 24.3 Å². The molecule has 0 atom stereocenters. The average Bonchev–Trinajstić information content (AvgIpc) is 3.01. The zero-order valence-corrected chi connectivity index (χ0v) is 14.6. The highest BCUT2D eigenvalue weighted by molar-refractivity contribution is 6.06. The summed E-state index contributed by atoms with van der Waals surface area (Å²) in [6.07, 6.45) is 10.4. The number of para-hydroxylation sites is 1. The van der Waals surface area contributed by atoms with Gasteiger partial charge < -0.3 is 15.6 Å². The maximum absolute atomic E-state index is 12.3. The van der Waals surface area contributed by atoms with Gasteiger partial charge in [0.1, 0.15) is 0 Å². The molecule has 1 aromatic heterocycles. The lowest BCUT2D eigenvalue weighted by atomic mass is 9.96. The number of aromatic nitrogens is 1. The van der Waals surface area contributed by atoms with E-state index >= 15 is 0 Å². The van der Waals surface area contributed by atoms with E-state index in [1.54, 1.807) is 6.20 Å². The molecule has 1 aliphatic rings. The molecule has 134 valence electrons. The highest BCUT2D eigenvalue weighted by Crippen LogP contribution is 2.18. The zero-order chi connectivity index (χ0) is 17.5. The van der Waals surface area contributed by atoms with Crippen molar-refractivity contribution in [3.8, 4) is 0 Å². The molecule has 1 heterocycles. The second-order valence-electron chi connectivity index (χ2n) is 6.86. The molecule has 0 bridgehead atoms. The number of carbonyl (C=O) groups is 2. The van der Waals surface area contributed by atoms with Crippen LogP contribution in [0.2, 0.25) is 0 Å². The van der Waals surface area contributed by atoms with Gasteiger partial charge in [0.15, 0.2) is 0 Å². The van der Waals surface area contributed by atoms with Crippen LogP contribution in [-0.4, -0.2) is 29.4 Å². The number of H-pyrrole nitrogens is 1. The minimum Gasteiger partial charge on any atom is -0.360 e. The van der Waals surface area contributed by atoms with Gasteiger partial charge >= 0.3 is 0 Å². The first-order chi connectivity index (χ1) is 12.2. The molecule has 3 N–H and O–H groups in total. The first kappa shape index (κ1) is 17.5. The first-order valence-electron chi connectivity index (χ1n) is 9.38. The predicted octanol–water partition coefficient (Wildman–Crippen LogP) is 3.52. The van der Waals surface area contributed by atoms with E-state index in [4.69, 9.17) is 0 Å². The number of nitrogens with one attached hydrogen (secondary N) is 3. The second kappa shape index (κ2) is 8.70. The van der Waals surface area contributed by atoms with E-state index < -0.39 is 0 Å². The number of aromatic amines is 1. The number of amides is 2. The fourth-order valence-electron chi connectivity index (χ4n) is 3.54. The van der Waals surface area contributed by atoms with Crippen molar-refractivity contribution in [1.82, 2.24) is 15.6 Å². The standard InChI is InChI=1S/C20H27N3O2/c24-19(23-15-8-4-2-1-3-5-9-15)12-13-21-20(25)17-14-22-18-11-7-6-10-16(17)18/h6-7,10-11,14-15,22H,1-5,8-9,12-13H2,(H,21,25)(H,23,24). The van der Waals surface area contributed by atoms with E-state index in [-0.39, 0.29) is 11.8 Å². The normalized spacial score (nSPS) is 16.2. The minimum absolute atomic E-state index is 0.0322. The van der Waals surface area contributed by atoms with Crippen LogP contribution in [-0.2, 0) is 4.79 Å². The maximum atomic E-state index is 12.3. The van der Waals surface area contributed by atoms with Gasteiger partial charge in [-0.25, -0.2) is 0 Å². The summed E-state index contributed by atoms with van der Waals surface area (Å²) in [5.74, 6) is -0.110. The molecular formula is C20H27N3O2. The Morgan fingerprint density at radius 2 is 1.76 bits per heavy atom. The average molecular weight is 341 g/mol. The van der Waals surface area contributed by atoms with Crippen LogP contribution in [0.25, 0.3) is 10.9 Å². The van der Waals surface area contributed by atoms with Gasteiger partial charge in [0.2, 0.25) is 5.91 Å². The summed E-state index contributed by atoms with van der Waals surface area (Å²) in [5, 5.41) is 6.88. The number of carbonyl (C=O) groups excluding carboxylic acids is 2. The van der Waals surface area contributed by atoms with Crippen LogP contribution in [0.3, 0.4) is 0 Å². The highest BCUT2D eigenvalue weighted by Gasteiger charge is 2.15. The molecule has 0 spiro atoms. The summed E-state index contributed by atoms with van der Waals surface area (Å²) in [7, 11) is 0. The fraction of sp³-hybridized carbons (Fsp3) is 0.500. The Kier molecular flexibility index (Phi) is 6.09. The van der Waals surface area contributed by atoms with Crippen LogP contribution < -0.4 is 10.6 Å². The lowest BCUT2D eigenvalue weighted by molar-refractivity contribution is -0.121. The molecule has 2 aromatic rings. The van der Waals surface area contributed by atoms with Crippen molar-refractivity contribution in [1.29, 1.82) is 0 Å². The Morgan fingerprint density at radius 1 is 1.04 bits per heavy atom. The van der Waals surface area contributed by atoms with Crippen molar-refractivity contribution in [2.75, 3.05) is 6.54 Å². The number of hydrogen-bond donors (Lipinski definition) is 3. The van der Waals surface area contributed by atoms with Gasteiger partial charge in [-0.2, -0.15) is 0 Å². The van der Waals surface area contributed by atoms with Crippen LogP contribution in [0.15, 0.2) is 30.5 Å². The van der Waals surface area contributed by atoms with E-state index in [0.717, 1.165) is 23.7 Å². The number of hydrogen-bond acceptors (Lipinski definition) is 2. The molecule has 3 rings (SSSR count). The van der Waals surface area contributed by atoms with Crippen LogP contribution in [0, 0.1) is 0 Å². The molecule has 1 fully saturated rings. The number of rotatable bonds is 5. The Bertz CT molecular complexity index is 715. The Balaban J connectivity index is 1.44. The monoisotopic (exact) mass is 341 g/mol. The van der Waals surface area contributed by atoms with Crippen LogP contribution in [0.5, 0.6) is 0 Å². The van der Waals surface area contributed by atoms with Gasteiger partial charge in [-0.3, -0.25) is 9.59 Å². The number of benzene rings is 1. The number of fused-ring (bicyclic) bond motifs is 1. The predicted molar refractivity (Wildman–Crippen MR) is 99.5 cm³/mol. The van der Waals surface area contributed by atoms with Crippen molar-refractivity contribution in [3.63, 3.8) is 0 Å². The third-order valence-electron chi connectivity index (χ3n) is 4.94. The maximum Gasteiger partial charge on any atom is 0.253 e. The molecule has 25 heavy (non-hydrogen) atoms. The minimum atomic E-state index is -0.142. The van der Waals surface area contributed by atoms with E-state index in [2.05, 4.69) is 15.6 Å². The molecular weight excluding hydrogens is 314 g/mol. The quantitative estimate of drug-likeness (QED) is 0.778. The fourth-order valence-corrected chi connectivity index (χ4v) is 3.54. The van der Waals surface area contributed by atoms with Crippen LogP contribution in [0.4, 0.5) is 0 Å². The van der Waals surface area contributed by atoms with E-state index in [9.17, 15) is 9.59 Å². The first-order valence-corrected chi connectivity index (χ1v) is 9.38. The van der Waals surface area contributed by atoms with Crippen molar-refractivity contribution in [2.24, 2.45) is 0 Å². The zero-order valence-electron chi connectivity index (χ0n) is 14.6. The molecule has 5 nitrogen and oxygen atoms in total. The summed E-state index contributed by atoms with van der Waals surface area (Å²) in [6, 6.07) is 8.00. The van der Waals surface area contributed by atoms with Crippen LogP contribution in [0.1, 0.15) is 61.7 Å². The molecule has 5 heteroatoms. The topological polar surface area (TPSA) is 74.0 Å². The highest BCUT2D eigenvalue weighted by atomic mass is 16.2. The molecule has 1 aliphatic carbocycles. The summed E-state index contributed by atoms with van der Waals surface area (Å²) < 4.78 is 0. The third kappa shape index (κ3) is 4.84. The van der Waals surface area contributed by atoms with Gasteiger partial charge in [0.05, 0.1) is 5.56 Å². The summed E-state index contributed by atoms with van der Waals surface area (Å²) >= 11 is 0. The summed E-state index contributed by atoms with van der Waals surface area (Å²) in [5.41, 5.74) is 1.56. The van der Waals surface area contributed by atoms with Crippen molar-refractivity contribution < 1.29 is 9.59 Å². The Hall–Kier alpha value is -2.30. The largest absolute Gasteiger partial charge is 0.360 e. The molecule has 0 radical (unpaired) electrons. The summed E-state index contributed by atoms with van der Waals surface area (Å²) in [6.45, 7) is 0.358. The SMILES string of the molecule is O=C(CCNC(=O)c1c[nH]c2ccccc12)NC1CCCCCCC1. The van der Waals surface area contributed by atoms with Gasteiger partial charge in [0.25, 0.3) is 5.91 Å². The van der Waals surface area contributed by atoms with Crippen LogP contribution >= 0.6 is 0 Å². The smallest absolute Gasteiger partial charge is 0.253 e. The Morgan fingerprint density at radius 3 is 2.56 bits per heavy atom. The van der Waals surface area contributed by atoms with Gasteiger partial charge in [-0.15, -0.1) is 0 Å². The van der Waals surface area contributed by atoms with Gasteiger partial charge in [-0.1, -0.05) is 50.3 Å². The molecule has 0 unspecified atom stereocenters. The van der Waals surface area contributed by atoms with E-state index in [1.165, 1.54) is 32.1 Å². The van der Waals surface area contributed by atoms with Gasteiger partial charge in [-0.05, 0) is 18.9 Å². The van der Waals surface area contributed by atoms with E-state index in [0.29, 0.717) is 24.6 Å². The van der Waals surface area contributed by atoms with Crippen molar-refractivity contribution in [2.45, 2.75) is 57.4 Å². The molecule has 1 saturated carbocycles. The van der Waals surface area contributed by atoms with Gasteiger partial charge in [0, 0.05) is 36.1 Å². The molecule has 0 saturated heterocycles. The molecule has 2 amide bonds. The molecule has 1 aromatic carbocycles. The lowest BCUT2D eigenvalue weighted by Crippen LogP contribution is -2.37. The molecule has 0 aliphatic heterocycles. The second-order valence-corrected chi connectivity index (χ2v) is 6.86. The Labute approximate surface area is 148 Å². The summed E-state index contributed by atoms with van der Waals surface area (Å²) in [4.78, 5) is 27.5. The third-order valence-corrected chi connectivity index (χ3v) is 4.94. The van der Waals surface area contributed by atoms with Crippen molar-refractivity contribution in [3.05, 3.63) is 36.0 Å². The lowest BCUT2D eigenvalue weighted by Gasteiger charge is -2.21. The van der Waals surface area contributed by atoms with Crippen molar-refractivity contribution >= 4 is 22.7 Å².